The number of fused-ring (bicyclic) bond motifs is 1. The fourth-order valence-corrected chi connectivity index (χ4v) is 7.45. The Morgan fingerprint density at radius 2 is 1.85 bits per heavy atom. The van der Waals surface area contributed by atoms with Crippen molar-refractivity contribution >= 4 is 35.0 Å². The van der Waals surface area contributed by atoms with Crippen LogP contribution in [0.25, 0.3) is 0 Å². The zero-order chi connectivity index (χ0) is 28.3. The molecule has 1 aromatic carbocycles. The number of nitrogens with one attached hydrogen (secondary N) is 2. The minimum absolute atomic E-state index is 0.114. The monoisotopic (exact) mass is 570 g/mol. The molecule has 0 aromatic heterocycles. The van der Waals surface area contributed by atoms with Gasteiger partial charge in [-0.3, -0.25) is 14.4 Å². The van der Waals surface area contributed by atoms with Crippen molar-refractivity contribution in [3.05, 3.63) is 41.4 Å². The van der Waals surface area contributed by atoms with E-state index in [0.717, 1.165) is 64.6 Å². The molecule has 5 atom stereocenters. The number of ether oxygens (including phenoxy) is 1. The van der Waals surface area contributed by atoms with Crippen molar-refractivity contribution in [3.63, 3.8) is 0 Å². The fourth-order valence-electron chi connectivity index (χ4n) is 7.26. The van der Waals surface area contributed by atoms with Crippen LogP contribution in [0.2, 0.25) is 5.02 Å². The highest BCUT2D eigenvalue weighted by Gasteiger charge is 2.72. The van der Waals surface area contributed by atoms with Crippen LogP contribution in [0.3, 0.4) is 0 Å². The molecule has 2 saturated heterocycles. The van der Waals surface area contributed by atoms with E-state index in [9.17, 15) is 14.4 Å². The molecule has 40 heavy (non-hydrogen) atoms. The second-order valence-corrected chi connectivity index (χ2v) is 12.2. The highest BCUT2D eigenvalue weighted by Crippen LogP contribution is 2.55. The van der Waals surface area contributed by atoms with Crippen LogP contribution in [0.1, 0.15) is 65.2 Å². The van der Waals surface area contributed by atoms with E-state index < -0.39 is 29.6 Å². The summed E-state index contributed by atoms with van der Waals surface area (Å²) >= 11 is 6.13. The van der Waals surface area contributed by atoms with Gasteiger partial charge in [0.1, 0.15) is 11.6 Å². The molecule has 5 rings (SSSR count). The molecule has 3 amide bonds. The molecule has 9 heteroatoms. The van der Waals surface area contributed by atoms with Crippen molar-refractivity contribution in [1.29, 1.82) is 0 Å². The molecule has 2 N–H and O–H groups in total. The first-order valence-corrected chi connectivity index (χ1v) is 15.5. The number of rotatable bonds is 12. The van der Waals surface area contributed by atoms with Gasteiger partial charge in [-0.25, -0.2) is 0 Å². The summed E-state index contributed by atoms with van der Waals surface area (Å²) in [4.78, 5) is 45.8. The highest BCUT2D eigenvalue weighted by atomic mass is 35.5. The predicted molar refractivity (Wildman–Crippen MR) is 156 cm³/mol. The maximum atomic E-state index is 14.1. The van der Waals surface area contributed by atoms with Gasteiger partial charge in [0.2, 0.25) is 17.7 Å². The van der Waals surface area contributed by atoms with E-state index >= 15 is 0 Å². The van der Waals surface area contributed by atoms with E-state index in [1.54, 1.807) is 29.2 Å². The normalized spacial score (nSPS) is 29.3. The maximum Gasteiger partial charge on any atom is 0.246 e. The molecule has 1 spiro atoms. The van der Waals surface area contributed by atoms with Crippen molar-refractivity contribution in [1.82, 2.24) is 15.1 Å². The smallest absolute Gasteiger partial charge is 0.246 e. The van der Waals surface area contributed by atoms with E-state index in [1.165, 1.54) is 6.42 Å². The number of amides is 3. The number of halogens is 1. The summed E-state index contributed by atoms with van der Waals surface area (Å²) in [6.07, 6.45) is 11.4. The summed E-state index contributed by atoms with van der Waals surface area (Å²) < 4.78 is 6.48. The van der Waals surface area contributed by atoms with E-state index in [-0.39, 0.29) is 23.8 Å². The van der Waals surface area contributed by atoms with Gasteiger partial charge in [0.15, 0.2) is 0 Å². The minimum atomic E-state index is -1.14. The molecule has 4 aliphatic rings. The Kier molecular flexibility index (Phi) is 9.18. The van der Waals surface area contributed by atoms with Gasteiger partial charge in [0.25, 0.3) is 0 Å². The van der Waals surface area contributed by atoms with Gasteiger partial charge in [-0.2, -0.15) is 0 Å². The summed E-state index contributed by atoms with van der Waals surface area (Å²) in [5, 5.41) is 6.71. The lowest BCUT2D eigenvalue weighted by molar-refractivity contribution is -0.141. The Balaban J connectivity index is 1.38. The Morgan fingerprint density at radius 1 is 1.10 bits per heavy atom. The molecule has 0 radical (unpaired) electrons. The van der Waals surface area contributed by atoms with Crippen LogP contribution in [0.15, 0.2) is 36.4 Å². The summed E-state index contributed by atoms with van der Waals surface area (Å²) in [5.74, 6) is -2.08. The van der Waals surface area contributed by atoms with E-state index in [1.807, 2.05) is 12.2 Å². The van der Waals surface area contributed by atoms with Crippen molar-refractivity contribution in [2.24, 2.45) is 11.8 Å². The Morgan fingerprint density at radius 3 is 2.55 bits per heavy atom. The van der Waals surface area contributed by atoms with Crippen molar-refractivity contribution in [3.8, 4) is 0 Å². The molecule has 5 unspecified atom stereocenters. The first kappa shape index (κ1) is 29.1. The molecule has 1 saturated carbocycles. The zero-order valence-corrected chi connectivity index (χ0v) is 24.5. The fraction of sp³-hybridized carbons (Fsp3) is 0.645. The highest BCUT2D eigenvalue weighted by molar-refractivity contribution is 6.30. The molecule has 2 bridgehead atoms. The second-order valence-electron chi connectivity index (χ2n) is 11.8. The summed E-state index contributed by atoms with van der Waals surface area (Å²) in [7, 11) is 0. The number of carbonyl (C=O) groups excluding carboxylic acids is 3. The zero-order valence-electron chi connectivity index (χ0n) is 23.7. The number of hydrogen-bond acceptors (Lipinski definition) is 5. The van der Waals surface area contributed by atoms with Gasteiger partial charge in [0, 0.05) is 23.3 Å². The topological polar surface area (TPSA) is 91.0 Å². The summed E-state index contributed by atoms with van der Waals surface area (Å²) in [6, 6.07) is 6.29. The van der Waals surface area contributed by atoms with E-state index in [2.05, 4.69) is 29.4 Å². The van der Waals surface area contributed by atoms with Crippen LogP contribution in [0, 0.1) is 11.8 Å². The minimum Gasteiger partial charge on any atom is -0.359 e. The number of carbonyl (C=O) groups is 3. The van der Waals surface area contributed by atoms with Gasteiger partial charge >= 0.3 is 0 Å². The van der Waals surface area contributed by atoms with Crippen LogP contribution in [-0.2, 0) is 19.1 Å². The van der Waals surface area contributed by atoms with Gasteiger partial charge in [-0.1, -0.05) is 62.9 Å². The molecule has 3 heterocycles. The summed E-state index contributed by atoms with van der Waals surface area (Å²) in [6.45, 7) is 7.69. The number of benzene rings is 1. The average Bonchev–Trinajstić information content (AvgIpc) is 3.57. The lowest BCUT2D eigenvalue weighted by Crippen LogP contribution is -2.56. The van der Waals surface area contributed by atoms with Crippen LogP contribution < -0.4 is 10.6 Å². The first-order valence-electron chi connectivity index (χ1n) is 15.1. The molecule has 1 aromatic rings. The lowest BCUT2D eigenvalue weighted by Gasteiger charge is -2.34. The average molecular weight is 571 g/mol. The third kappa shape index (κ3) is 5.68. The molecule has 218 valence electrons. The molecule has 3 aliphatic heterocycles. The maximum absolute atomic E-state index is 14.1. The van der Waals surface area contributed by atoms with E-state index in [4.69, 9.17) is 16.3 Å². The van der Waals surface area contributed by atoms with Crippen LogP contribution in [0.4, 0.5) is 5.69 Å². The molecule has 1 aliphatic carbocycles. The third-order valence-corrected chi connectivity index (χ3v) is 9.16. The largest absolute Gasteiger partial charge is 0.359 e. The van der Waals surface area contributed by atoms with Gasteiger partial charge in [-0.05, 0) is 69.9 Å². The number of likely N-dealkylation sites (tertiary alicyclic amines) is 1. The Labute approximate surface area is 242 Å². The number of nitrogens with zero attached hydrogens (tertiary/aromatic N) is 2. The molecular formula is C31H43ClN4O4. The van der Waals surface area contributed by atoms with Crippen LogP contribution in [0.5, 0.6) is 0 Å². The van der Waals surface area contributed by atoms with Crippen molar-refractivity contribution in [2.75, 3.05) is 31.5 Å². The second kappa shape index (κ2) is 12.6. The van der Waals surface area contributed by atoms with Gasteiger partial charge in [0.05, 0.1) is 17.9 Å². The van der Waals surface area contributed by atoms with E-state index in [0.29, 0.717) is 17.3 Å². The van der Waals surface area contributed by atoms with Crippen molar-refractivity contribution in [2.45, 2.75) is 89.0 Å². The number of hydrogen-bond donors (Lipinski definition) is 2. The first-order chi connectivity index (χ1) is 19.4. The van der Waals surface area contributed by atoms with Gasteiger partial charge in [-0.15, -0.1) is 0 Å². The van der Waals surface area contributed by atoms with Crippen molar-refractivity contribution < 1.29 is 19.1 Å². The van der Waals surface area contributed by atoms with Gasteiger partial charge < -0.3 is 25.2 Å². The standard InChI is InChI=1S/C31H43ClN4O4/c1-3-16-35(17-4-2)18-9-19-36-27(29(38)33-22-11-6-5-7-12-22)31-15-14-24(40-31)25(26(31)30(36)39)28(37)34-23-13-8-10-21(32)20-23/h8,10,13-15,20,22,24-27H,3-7,9,11-12,16-19H2,1-2H3,(H,33,38)(H,34,37). The molecule has 3 fully saturated rings. The lowest BCUT2D eigenvalue weighted by atomic mass is 9.74. The van der Waals surface area contributed by atoms with Crippen LogP contribution >= 0.6 is 11.6 Å². The predicted octanol–water partition coefficient (Wildman–Crippen LogP) is 4.39. The Hall–Kier alpha value is -2.42. The third-order valence-electron chi connectivity index (χ3n) is 8.92. The quantitative estimate of drug-likeness (QED) is 0.364. The Bertz CT molecular complexity index is 1120. The molecular weight excluding hydrogens is 528 g/mol. The SMILES string of the molecule is CCCN(CCC)CCCN1C(=O)C2C(C(=O)Nc3cccc(Cl)c3)C3C=CC2(O3)C1C(=O)NC1CCCCC1. The summed E-state index contributed by atoms with van der Waals surface area (Å²) in [5.41, 5.74) is -0.567. The molecule has 8 nitrogen and oxygen atoms in total. The number of anilines is 1. The van der Waals surface area contributed by atoms with Crippen LogP contribution in [-0.4, -0.2) is 77.5 Å².